The third-order valence-corrected chi connectivity index (χ3v) is 12.7. The molecule has 0 aromatic rings. The second kappa shape index (κ2) is 40.2. The van der Waals surface area contributed by atoms with Crippen LogP contribution < -0.4 is 0 Å². The molecular formula is C50H91O13P. The molecule has 8 atom stereocenters. The number of allylic oxidation sites excluding steroid dienone is 6. The van der Waals surface area contributed by atoms with E-state index in [2.05, 4.69) is 50.3 Å². The summed E-state index contributed by atoms with van der Waals surface area (Å²) < 4.78 is 33.6. The molecule has 0 saturated heterocycles. The highest BCUT2D eigenvalue weighted by Gasteiger charge is 2.51. The van der Waals surface area contributed by atoms with Crippen molar-refractivity contribution in [1.82, 2.24) is 0 Å². The molecule has 0 amide bonds. The minimum atomic E-state index is -5.12. The van der Waals surface area contributed by atoms with Gasteiger partial charge in [-0.15, -0.1) is 0 Å². The summed E-state index contributed by atoms with van der Waals surface area (Å²) in [5, 5.41) is 50.2. The number of carbonyl (C=O) groups is 2. The van der Waals surface area contributed by atoms with Gasteiger partial charge in [-0.25, -0.2) is 4.57 Å². The van der Waals surface area contributed by atoms with Gasteiger partial charge in [0.05, 0.1) is 6.61 Å². The van der Waals surface area contributed by atoms with Crippen molar-refractivity contribution in [2.75, 3.05) is 13.2 Å². The number of hydrogen-bond acceptors (Lipinski definition) is 12. The lowest BCUT2D eigenvalue weighted by Gasteiger charge is -2.41. The molecule has 6 N–H and O–H groups in total. The van der Waals surface area contributed by atoms with Crippen LogP contribution in [-0.4, -0.2) is 98.3 Å². The standard InChI is InChI=1S/C50H91O13P/c1-3-5-7-9-11-13-15-17-19-20-21-22-23-25-27-29-31-33-35-37-39-44(52)62-42(41-61-64(58,59)63-50-48(56)46(54)45(53)47(55)49(50)57)40-60-43(51)38-36-34-32-30-28-26-24-18-16-14-12-10-8-6-4-2/h6,8,12,14,18,24,42,45-50,53-57H,3-5,7,9-11,13,15-17,19-23,25-41H2,1-2H3,(H,58,59)/b8-6+,14-12+,24-18+/t42-,45?,46-,47?,48?,49?,50?/m1/s1. The van der Waals surface area contributed by atoms with Gasteiger partial charge < -0.3 is 39.9 Å². The zero-order valence-electron chi connectivity index (χ0n) is 39.8. The van der Waals surface area contributed by atoms with Crippen LogP contribution >= 0.6 is 7.82 Å². The summed E-state index contributed by atoms with van der Waals surface area (Å²) in [5.41, 5.74) is 0. The third-order valence-electron chi connectivity index (χ3n) is 11.7. The summed E-state index contributed by atoms with van der Waals surface area (Å²) in [5.74, 6) is -1.11. The van der Waals surface area contributed by atoms with E-state index >= 15 is 0 Å². The van der Waals surface area contributed by atoms with Gasteiger partial charge >= 0.3 is 19.8 Å². The minimum absolute atomic E-state index is 0.0963. The number of esters is 2. The number of phosphoric ester groups is 1. The Morgan fingerprint density at radius 2 is 0.891 bits per heavy atom. The van der Waals surface area contributed by atoms with E-state index in [1.807, 2.05) is 0 Å². The fourth-order valence-electron chi connectivity index (χ4n) is 7.72. The molecule has 1 aliphatic rings. The van der Waals surface area contributed by atoms with Crippen molar-refractivity contribution in [2.24, 2.45) is 0 Å². The van der Waals surface area contributed by atoms with E-state index in [4.69, 9.17) is 18.5 Å². The molecule has 0 aromatic carbocycles. The summed E-state index contributed by atoms with van der Waals surface area (Å²) in [4.78, 5) is 35.8. The third kappa shape index (κ3) is 31.9. The molecular weight excluding hydrogens is 840 g/mol. The maximum atomic E-state index is 12.8. The Bertz CT molecular complexity index is 1260. The van der Waals surface area contributed by atoms with E-state index in [0.29, 0.717) is 12.8 Å². The van der Waals surface area contributed by atoms with Gasteiger partial charge in [-0.05, 0) is 44.9 Å². The Balaban J connectivity index is 2.40. The van der Waals surface area contributed by atoms with Crippen LogP contribution in [-0.2, 0) is 32.7 Å². The van der Waals surface area contributed by atoms with Gasteiger partial charge in [-0.3, -0.25) is 18.6 Å². The first-order valence-corrected chi connectivity index (χ1v) is 26.8. The first-order valence-electron chi connectivity index (χ1n) is 25.3. The van der Waals surface area contributed by atoms with Crippen LogP contribution in [0, 0.1) is 0 Å². The van der Waals surface area contributed by atoms with Crippen molar-refractivity contribution in [3.63, 3.8) is 0 Å². The Labute approximate surface area is 387 Å². The summed E-state index contributed by atoms with van der Waals surface area (Å²) in [6.45, 7) is 3.20. The van der Waals surface area contributed by atoms with Crippen molar-refractivity contribution >= 4 is 19.8 Å². The smallest absolute Gasteiger partial charge is 0.462 e. The number of phosphoric acid groups is 1. The summed E-state index contributed by atoms with van der Waals surface area (Å²) in [7, 11) is -5.12. The van der Waals surface area contributed by atoms with Gasteiger partial charge in [0, 0.05) is 12.8 Å². The summed E-state index contributed by atoms with van der Waals surface area (Å²) >= 11 is 0. The predicted molar refractivity (Wildman–Crippen MR) is 253 cm³/mol. The number of hydrogen-bond donors (Lipinski definition) is 6. The average Bonchev–Trinajstić information content (AvgIpc) is 3.28. The molecule has 14 heteroatoms. The van der Waals surface area contributed by atoms with E-state index in [-0.39, 0.29) is 12.8 Å². The van der Waals surface area contributed by atoms with Crippen LogP contribution in [0.3, 0.4) is 0 Å². The minimum Gasteiger partial charge on any atom is -0.462 e. The molecule has 0 spiro atoms. The van der Waals surface area contributed by atoms with Crippen molar-refractivity contribution < 1.29 is 63.1 Å². The highest BCUT2D eigenvalue weighted by Crippen LogP contribution is 2.47. The SMILES string of the molecule is CC/C=C/C/C=C/C/C=C/CCCCCCCC(=O)OC[C@H](COP(=O)(O)OC1C(O)C(O)C(O)[C@@H](O)C1O)OC(=O)CCCCCCCCCCCCCCCCCCCCCC. The fourth-order valence-corrected chi connectivity index (χ4v) is 8.69. The zero-order valence-corrected chi connectivity index (χ0v) is 40.7. The highest BCUT2D eigenvalue weighted by molar-refractivity contribution is 7.47. The number of aliphatic hydroxyl groups is 5. The molecule has 64 heavy (non-hydrogen) atoms. The van der Waals surface area contributed by atoms with Gasteiger partial charge in [-0.1, -0.05) is 192 Å². The summed E-state index contributed by atoms with van der Waals surface area (Å²) in [6, 6.07) is 0. The van der Waals surface area contributed by atoms with E-state index in [9.17, 15) is 44.6 Å². The average molecular weight is 931 g/mol. The number of rotatable bonds is 42. The van der Waals surface area contributed by atoms with Crippen LogP contribution in [0.4, 0.5) is 0 Å². The van der Waals surface area contributed by atoms with Gasteiger partial charge in [0.25, 0.3) is 0 Å². The number of ether oxygens (including phenoxy) is 2. The lowest BCUT2D eigenvalue weighted by atomic mass is 9.85. The Kier molecular flexibility index (Phi) is 37.7. The van der Waals surface area contributed by atoms with E-state index in [0.717, 1.165) is 77.0 Å². The number of unbranched alkanes of at least 4 members (excludes halogenated alkanes) is 24. The van der Waals surface area contributed by atoms with Crippen LogP contribution in [0.15, 0.2) is 36.5 Å². The molecule has 1 fully saturated rings. The Hall–Kier alpha value is -1.93. The molecule has 0 heterocycles. The van der Waals surface area contributed by atoms with Gasteiger partial charge in [-0.2, -0.15) is 0 Å². The van der Waals surface area contributed by atoms with Crippen LogP contribution in [0.25, 0.3) is 0 Å². The number of carbonyl (C=O) groups excluding carboxylic acids is 2. The van der Waals surface area contributed by atoms with E-state index < -0.39 is 75.7 Å². The van der Waals surface area contributed by atoms with Crippen LogP contribution in [0.1, 0.15) is 213 Å². The molecule has 0 bridgehead atoms. The van der Waals surface area contributed by atoms with E-state index in [1.165, 1.54) is 96.3 Å². The Morgan fingerprint density at radius 1 is 0.500 bits per heavy atom. The fraction of sp³-hybridized carbons (Fsp3) is 0.840. The van der Waals surface area contributed by atoms with Crippen molar-refractivity contribution in [3.05, 3.63) is 36.5 Å². The second-order valence-corrected chi connectivity index (χ2v) is 19.1. The molecule has 1 aliphatic carbocycles. The van der Waals surface area contributed by atoms with E-state index in [1.54, 1.807) is 0 Å². The van der Waals surface area contributed by atoms with Crippen molar-refractivity contribution in [2.45, 2.75) is 256 Å². The lowest BCUT2D eigenvalue weighted by molar-refractivity contribution is -0.220. The maximum absolute atomic E-state index is 12.8. The molecule has 374 valence electrons. The molecule has 0 aromatic heterocycles. The van der Waals surface area contributed by atoms with Gasteiger partial charge in [0.2, 0.25) is 0 Å². The normalized spacial score (nSPS) is 21.8. The second-order valence-electron chi connectivity index (χ2n) is 17.7. The van der Waals surface area contributed by atoms with Gasteiger partial charge in [0.15, 0.2) is 6.10 Å². The van der Waals surface area contributed by atoms with Gasteiger partial charge in [0.1, 0.15) is 43.2 Å². The first-order chi connectivity index (χ1) is 30.9. The molecule has 13 nitrogen and oxygen atoms in total. The molecule has 6 unspecified atom stereocenters. The lowest BCUT2D eigenvalue weighted by Crippen LogP contribution is -2.64. The first kappa shape index (κ1) is 60.1. The van der Waals surface area contributed by atoms with Crippen LogP contribution in [0.5, 0.6) is 0 Å². The van der Waals surface area contributed by atoms with Crippen LogP contribution in [0.2, 0.25) is 0 Å². The molecule has 1 rings (SSSR count). The quantitative estimate of drug-likeness (QED) is 0.0146. The summed E-state index contributed by atoms with van der Waals surface area (Å²) in [6.07, 6.45) is 33.4. The monoisotopic (exact) mass is 931 g/mol. The topological polar surface area (TPSA) is 210 Å². The Morgan fingerprint density at radius 3 is 1.36 bits per heavy atom. The molecule has 0 radical (unpaired) electrons. The van der Waals surface area contributed by atoms with Crippen molar-refractivity contribution in [3.8, 4) is 0 Å². The molecule has 1 saturated carbocycles. The largest absolute Gasteiger partial charge is 0.472 e. The number of aliphatic hydroxyl groups excluding tert-OH is 5. The molecule has 0 aliphatic heterocycles. The van der Waals surface area contributed by atoms with Crippen molar-refractivity contribution in [1.29, 1.82) is 0 Å². The zero-order chi connectivity index (χ0) is 47.1. The predicted octanol–water partition coefficient (Wildman–Crippen LogP) is 10.6. The maximum Gasteiger partial charge on any atom is 0.472 e. The highest BCUT2D eigenvalue weighted by atomic mass is 31.2.